The van der Waals surface area contributed by atoms with Crippen LogP contribution < -0.4 is 5.32 Å². The predicted molar refractivity (Wildman–Crippen MR) is 56.0 cm³/mol. The molecule has 1 fully saturated rings. The number of nitrogens with one attached hydrogen (secondary N) is 1. The molecule has 1 saturated heterocycles. The third-order valence-electron chi connectivity index (χ3n) is 2.61. The lowest BCUT2D eigenvalue weighted by Gasteiger charge is -2.27. The van der Waals surface area contributed by atoms with Crippen LogP contribution in [0.5, 0.6) is 0 Å². The minimum absolute atomic E-state index is 0.565. The first-order valence-corrected chi connectivity index (χ1v) is 5.72. The van der Waals surface area contributed by atoms with Crippen molar-refractivity contribution in [3.8, 4) is 0 Å². The first-order chi connectivity index (χ1) is 6.25. The lowest BCUT2D eigenvalue weighted by atomic mass is 9.98. The molecule has 0 bridgehead atoms. The molecular weight excluding hydrogens is 180 g/mol. The highest BCUT2D eigenvalue weighted by molar-refractivity contribution is 7.05. The number of nitrogens with zero attached hydrogens (tertiary/aromatic N) is 1. The summed E-state index contributed by atoms with van der Waals surface area (Å²) < 4.78 is 4.32. The van der Waals surface area contributed by atoms with Crippen molar-refractivity contribution in [1.82, 2.24) is 9.69 Å². The highest BCUT2D eigenvalue weighted by atomic mass is 32.1. The highest BCUT2D eigenvalue weighted by Gasteiger charge is 2.20. The Morgan fingerprint density at radius 3 is 3.00 bits per heavy atom. The van der Waals surface area contributed by atoms with Crippen LogP contribution in [0.15, 0.2) is 6.07 Å². The first-order valence-electron chi connectivity index (χ1n) is 4.95. The van der Waals surface area contributed by atoms with Gasteiger partial charge in [-0.25, -0.2) is 0 Å². The molecule has 2 nitrogen and oxygen atoms in total. The van der Waals surface area contributed by atoms with E-state index in [1.54, 1.807) is 11.5 Å². The Labute approximate surface area is 83.5 Å². The third kappa shape index (κ3) is 2.09. The third-order valence-corrected chi connectivity index (χ3v) is 3.60. The van der Waals surface area contributed by atoms with Gasteiger partial charge in [-0.2, -0.15) is 4.37 Å². The molecule has 0 aliphatic carbocycles. The maximum Gasteiger partial charge on any atom is 0.0514 e. The SMILES string of the molecule is Cc1cc(C2CCCC(C)N2)sn1. The number of aromatic nitrogens is 1. The minimum atomic E-state index is 0.565. The summed E-state index contributed by atoms with van der Waals surface area (Å²) in [5.41, 5.74) is 1.15. The summed E-state index contributed by atoms with van der Waals surface area (Å²) >= 11 is 1.65. The van der Waals surface area contributed by atoms with E-state index in [-0.39, 0.29) is 0 Å². The smallest absolute Gasteiger partial charge is 0.0514 e. The topological polar surface area (TPSA) is 24.9 Å². The van der Waals surface area contributed by atoms with E-state index >= 15 is 0 Å². The molecule has 1 aliphatic rings. The normalized spacial score (nSPS) is 29.1. The molecule has 72 valence electrons. The fourth-order valence-electron chi connectivity index (χ4n) is 1.91. The van der Waals surface area contributed by atoms with E-state index in [9.17, 15) is 0 Å². The minimum Gasteiger partial charge on any atom is -0.307 e. The van der Waals surface area contributed by atoms with Gasteiger partial charge in [-0.15, -0.1) is 0 Å². The van der Waals surface area contributed by atoms with Crippen LogP contribution in [0.2, 0.25) is 0 Å². The summed E-state index contributed by atoms with van der Waals surface area (Å²) in [5, 5.41) is 3.62. The zero-order valence-corrected chi connectivity index (χ0v) is 9.03. The van der Waals surface area contributed by atoms with E-state index in [0.717, 1.165) is 5.69 Å². The van der Waals surface area contributed by atoms with Gasteiger partial charge in [0.15, 0.2) is 0 Å². The number of aryl methyl sites for hydroxylation is 1. The summed E-state index contributed by atoms with van der Waals surface area (Å²) in [6.07, 6.45) is 3.93. The van der Waals surface area contributed by atoms with Gasteiger partial charge in [0.1, 0.15) is 0 Å². The fourth-order valence-corrected chi connectivity index (χ4v) is 2.75. The fraction of sp³-hybridized carbons (Fsp3) is 0.700. The van der Waals surface area contributed by atoms with Gasteiger partial charge in [-0.1, -0.05) is 0 Å². The van der Waals surface area contributed by atoms with Gasteiger partial charge in [-0.05, 0) is 50.7 Å². The monoisotopic (exact) mass is 196 g/mol. The van der Waals surface area contributed by atoms with Gasteiger partial charge in [0.25, 0.3) is 0 Å². The molecule has 2 heterocycles. The van der Waals surface area contributed by atoms with Crippen LogP contribution in [0.3, 0.4) is 0 Å². The van der Waals surface area contributed by atoms with Crippen molar-refractivity contribution in [3.05, 3.63) is 16.6 Å². The van der Waals surface area contributed by atoms with Crippen LogP contribution in [0, 0.1) is 6.92 Å². The molecule has 2 unspecified atom stereocenters. The van der Waals surface area contributed by atoms with E-state index < -0.39 is 0 Å². The van der Waals surface area contributed by atoms with Gasteiger partial charge in [0.05, 0.1) is 5.69 Å². The van der Waals surface area contributed by atoms with Crippen molar-refractivity contribution in [3.63, 3.8) is 0 Å². The molecule has 1 aliphatic heterocycles. The Morgan fingerprint density at radius 1 is 1.54 bits per heavy atom. The Bertz CT molecular complexity index is 282. The van der Waals surface area contributed by atoms with E-state index in [4.69, 9.17) is 0 Å². The second-order valence-electron chi connectivity index (χ2n) is 3.92. The number of rotatable bonds is 1. The van der Waals surface area contributed by atoms with Crippen LogP contribution in [0.25, 0.3) is 0 Å². The number of hydrogen-bond donors (Lipinski definition) is 1. The van der Waals surface area contributed by atoms with Gasteiger partial charge < -0.3 is 5.32 Å². The Hall–Kier alpha value is -0.410. The molecule has 1 aromatic heterocycles. The maximum absolute atomic E-state index is 4.32. The maximum atomic E-state index is 4.32. The van der Waals surface area contributed by atoms with Crippen molar-refractivity contribution in [2.45, 2.75) is 45.2 Å². The molecule has 0 saturated carbocycles. The second-order valence-corrected chi connectivity index (χ2v) is 4.76. The van der Waals surface area contributed by atoms with Gasteiger partial charge in [-0.3, -0.25) is 0 Å². The Balaban J connectivity index is 2.08. The van der Waals surface area contributed by atoms with E-state index in [2.05, 4.69) is 29.6 Å². The molecule has 1 N–H and O–H groups in total. The van der Waals surface area contributed by atoms with Gasteiger partial charge in [0, 0.05) is 17.0 Å². The quantitative estimate of drug-likeness (QED) is 0.747. The Morgan fingerprint density at radius 2 is 2.38 bits per heavy atom. The summed E-state index contributed by atoms with van der Waals surface area (Å²) in [5.74, 6) is 0. The predicted octanol–water partition coefficient (Wildman–Crippen LogP) is 2.65. The van der Waals surface area contributed by atoms with Gasteiger partial charge in [0.2, 0.25) is 0 Å². The van der Waals surface area contributed by atoms with Crippen LogP contribution in [-0.2, 0) is 0 Å². The van der Waals surface area contributed by atoms with Crippen LogP contribution in [-0.4, -0.2) is 10.4 Å². The summed E-state index contributed by atoms with van der Waals surface area (Å²) in [4.78, 5) is 1.41. The largest absolute Gasteiger partial charge is 0.307 e. The van der Waals surface area contributed by atoms with Crippen LogP contribution in [0.4, 0.5) is 0 Å². The Kier molecular flexibility index (Phi) is 2.65. The molecule has 1 aromatic rings. The lowest BCUT2D eigenvalue weighted by Crippen LogP contribution is -2.34. The average molecular weight is 196 g/mol. The summed E-state index contributed by atoms with van der Waals surface area (Å²) in [7, 11) is 0. The average Bonchev–Trinajstić information content (AvgIpc) is 2.52. The highest BCUT2D eigenvalue weighted by Crippen LogP contribution is 2.28. The first kappa shape index (κ1) is 9.16. The van der Waals surface area contributed by atoms with E-state index in [0.29, 0.717) is 12.1 Å². The van der Waals surface area contributed by atoms with Crippen molar-refractivity contribution in [2.24, 2.45) is 0 Å². The van der Waals surface area contributed by atoms with Crippen molar-refractivity contribution >= 4 is 11.5 Å². The second kappa shape index (κ2) is 3.76. The molecule has 2 rings (SSSR count). The molecule has 0 spiro atoms. The molecule has 2 atom stereocenters. The molecular formula is C10H16N2S. The molecule has 3 heteroatoms. The van der Waals surface area contributed by atoms with Crippen molar-refractivity contribution < 1.29 is 0 Å². The number of hydrogen-bond acceptors (Lipinski definition) is 3. The van der Waals surface area contributed by atoms with Crippen LogP contribution >= 0.6 is 11.5 Å². The van der Waals surface area contributed by atoms with E-state index in [1.165, 1.54) is 24.1 Å². The zero-order chi connectivity index (χ0) is 9.26. The zero-order valence-electron chi connectivity index (χ0n) is 8.21. The van der Waals surface area contributed by atoms with E-state index in [1.807, 2.05) is 0 Å². The summed E-state index contributed by atoms with van der Waals surface area (Å²) in [6.45, 7) is 4.33. The van der Waals surface area contributed by atoms with Crippen LogP contribution in [0.1, 0.15) is 42.8 Å². The molecule has 0 radical (unpaired) electrons. The standard InChI is InChI=1S/C10H16N2S/c1-7-4-3-5-9(11-7)10-6-8(2)12-13-10/h6-7,9,11H,3-5H2,1-2H3. The molecule has 0 amide bonds. The molecule has 0 aromatic carbocycles. The van der Waals surface area contributed by atoms with Gasteiger partial charge >= 0.3 is 0 Å². The molecule has 13 heavy (non-hydrogen) atoms. The van der Waals surface area contributed by atoms with Crippen molar-refractivity contribution in [2.75, 3.05) is 0 Å². The summed E-state index contributed by atoms with van der Waals surface area (Å²) in [6, 6.07) is 3.44. The lowest BCUT2D eigenvalue weighted by molar-refractivity contribution is 0.345. The van der Waals surface area contributed by atoms with Crippen molar-refractivity contribution in [1.29, 1.82) is 0 Å². The number of piperidine rings is 1.